The molecule has 0 bridgehead atoms. The number of benzene rings is 1. The highest BCUT2D eigenvalue weighted by atomic mass is 32.2. The summed E-state index contributed by atoms with van der Waals surface area (Å²) in [5.41, 5.74) is 0.912. The molecule has 0 aliphatic heterocycles. The number of aromatic nitrogens is 2. The standard InChI is InChI=1S/C18H25N3OS/c1-3-4-5-6-9-14(2)21-17(22)12-23-18-15-10-7-8-11-16(15)19-13-20-18/h7-8,10-11,13-14H,3-6,9,12H2,1-2H3,(H,21,22)/t14-/m1/s1. The Labute approximate surface area is 142 Å². The van der Waals surface area contributed by atoms with Crippen LogP contribution in [0.4, 0.5) is 0 Å². The molecule has 1 atom stereocenters. The Morgan fingerprint density at radius 1 is 1.22 bits per heavy atom. The van der Waals surface area contributed by atoms with E-state index in [9.17, 15) is 4.79 Å². The second-order valence-electron chi connectivity index (χ2n) is 5.80. The molecule has 5 heteroatoms. The van der Waals surface area contributed by atoms with E-state index < -0.39 is 0 Å². The molecule has 0 aliphatic carbocycles. The first-order chi connectivity index (χ1) is 11.2. The van der Waals surface area contributed by atoms with Crippen molar-refractivity contribution in [2.24, 2.45) is 0 Å². The minimum atomic E-state index is 0.0701. The third kappa shape index (κ3) is 5.82. The molecular formula is C18H25N3OS. The summed E-state index contributed by atoms with van der Waals surface area (Å²) < 4.78 is 0. The van der Waals surface area contributed by atoms with Gasteiger partial charge in [0.05, 0.1) is 11.3 Å². The smallest absolute Gasteiger partial charge is 0.230 e. The number of rotatable bonds is 9. The summed E-state index contributed by atoms with van der Waals surface area (Å²) >= 11 is 1.47. The number of carbonyl (C=O) groups excluding carboxylic acids is 1. The molecule has 1 aromatic carbocycles. The van der Waals surface area contributed by atoms with Gasteiger partial charge in [-0.15, -0.1) is 0 Å². The number of fused-ring (bicyclic) bond motifs is 1. The van der Waals surface area contributed by atoms with Gasteiger partial charge in [0, 0.05) is 11.4 Å². The molecule has 0 spiro atoms. The van der Waals surface area contributed by atoms with Crippen LogP contribution in [0.15, 0.2) is 35.6 Å². The van der Waals surface area contributed by atoms with Crippen LogP contribution in [0.25, 0.3) is 10.9 Å². The van der Waals surface area contributed by atoms with Crippen LogP contribution in [0, 0.1) is 0 Å². The molecule has 1 heterocycles. The molecule has 2 aromatic rings. The van der Waals surface area contributed by atoms with Crippen LogP contribution in [0.1, 0.15) is 46.0 Å². The minimum Gasteiger partial charge on any atom is -0.353 e. The topological polar surface area (TPSA) is 54.9 Å². The third-order valence-electron chi connectivity index (χ3n) is 3.74. The Hall–Kier alpha value is -1.62. The first-order valence-corrected chi connectivity index (χ1v) is 9.31. The SMILES string of the molecule is CCCCCC[C@@H](C)NC(=O)CSc1ncnc2ccccc12. The van der Waals surface area contributed by atoms with Crippen molar-refractivity contribution in [3.8, 4) is 0 Å². The van der Waals surface area contributed by atoms with Crippen molar-refractivity contribution in [1.29, 1.82) is 0 Å². The van der Waals surface area contributed by atoms with Crippen LogP contribution in [0.5, 0.6) is 0 Å². The lowest BCUT2D eigenvalue weighted by atomic mass is 10.1. The van der Waals surface area contributed by atoms with E-state index in [1.165, 1.54) is 37.4 Å². The van der Waals surface area contributed by atoms with Crippen LogP contribution in [0.3, 0.4) is 0 Å². The van der Waals surface area contributed by atoms with Gasteiger partial charge in [-0.25, -0.2) is 9.97 Å². The first kappa shape index (κ1) is 17.7. The number of hydrogen-bond donors (Lipinski definition) is 1. The summed E-state index contributed by atoms with van der Waals surface area (Å²) in [4.78, 5) is 20.6. The highest BCUT2D eigenvalue weighted by Crippen LogP contribution is 2.23. The number of hydrogen-bond acceptors (Lipinski definition) is 4. The quantitative estimate of drug-likeness (QED) is 0.425. The van der Waals surface area contributed by atoms with E-state index in [0.717, 1.165) is 22.3 Å². The molecule has 124 valence electrons. The number of carbonyl (C=O) groups is 1. The number of unbranched alkanes of at least 4 members (excludes halogenated alkanes) is 3. The van der Waals surface area contributed by atoms with Crippen molar-refractivity contribution in [3.05, 3.63) is 30.6 Å². The maximum atomic E-state index is 12.1. The maximum absolute atomic E-state index is 12.1. The molecular weight excluding hydrogens is 306 g/mol. The summed E-state index contributed by atoms with van der Waals surface area (Å²) in [6, 6.07) is 8.11. The number of thioether (sulfide) groups is 1. The average Bonchev–Trinajstić information content (AvgIpc) is 2.57. The predicted molar refractivity (Wildman–Crippen MR) is 96.6 cm³/mol. The Morgan fingerprint density at radius 2 is 2.04 bits per heavy atom. The summed E-state index contributed by atoms with van der Waals surface area (Å²) in [5, 5.41) is 4.93. The Morgan fingerprint density at radius 3 is 2.87 bits per heavy atom. The lowest BCUT2D eigenvalue weighted by molar-refractivity contribution is -0.119. The van der Waals surface area contributed by atoms with Gasteiger partial charge in [-0.05, 0) is 19.4 Å². The van der Waals surface area contributed by atoms with Crippen LogP contribution >= 0.6 is 11.8 Å². The average molecular weight is 331 g/mol. The van der Waals surface area contributed by atoms with E-state index in [1.54, 1.807) is 6.33 Å². The summed E-state index contributed by atoms with van der Waals surface area (Å²) in [6.45, 7) is 4.29. The zero-order valence-corrected chi connectivity index (χ0v) is 14.7. The van der Waals surface area contributed by atoms with E-state index >= 15 is 0 Å². The molecule has 1 aromatic heterocycles. The Bertz CT molecular complexity index is 627. The largest absolute Gasteiger partial charge is 0.353 e. The molecule has 0 radical (unpaired) electrons. The molecule has 23 heavy (non-hydrogen) atoms. The Balaban J connectivity index is 1.79. The van der Waals surface area contributed by atoms with E-state index in [1.807, 2.05) is 24.3 Å². The van der Waals surface area contributed by atoms with Crippen molar-refractivity contribution in [2.45, 2.75) is 57.0 Å². The molecule has 0 fully saturated rings. The van der Waals surface area contributed by atoms with Gasteiger partial charge < -0.3 is 5.32 Å². The summed E-state index contributed by atoms with van der Waals surface area (Å²) in [6.07, 6.45) is 7.55. The van der Waals surface area contributed by atoms with Crippen molar-refractivity contribution in [3.63, 3.8) is 0 Å². The van der Waals surface area contributed by atoms with Gasteiger partial charge in [-0.1, -0.05) is 62.6 Å². The molecule has 0 saturated heterocycles. The summed E-state index contributed by atoms with van der Waals surface area (Å²) in [7, 11) is 0. The van der Waals surface area contributed by atoms with Crippen molar-refractivity contribution < 1.29 is 4.79 Å². The van der Waals surface area contributed by atoms with Gasteiger partial charge >= 0.3 is 0 Å². The first-order valence-electron chi connectivity index (χ1n) is 8.32. The van der Waals surface area contributed by atoms with Gasteiger partial charge in [-0.2, -0.15) is 0 Å². The number of nitrogens with one attached hydrogen (secondary N) is 1. The second kappa shape index (κ2) is 9.50. The molecule has 0 saturated carbocycles. The molecule has 2 rings (SSSR count). The lowest BCUT2D eigenvalue weighted by Gasteiger charge is -2.13. The van der Waals surface area contributed by atoms with Crippen LogP contribution in [-0.2, 0) is 4.79 Å². The van der Waals surface area contributed by atoms with Crippen molar-refractivity contribution in [2.75, 3.05) is 5.75 Å². The zero-order valence-electron chi connectivity index (χ0n) is 13.9. The van der Waals surface area contributed by atoms with E-state index in [4.69, 9.17) is 0 Å². The second-order valence-corrected chi connectivity index (χ2v) is 6.77. The van der Waals surface area contributed by atoms with Gasteiger partial charge in [-0.3, -0.25) is 4.79 Å². The molecule has 0 unspecified atom stereocenters. The molecule has 4 nitrogen and oxygen atoms in total. The third-order valence-corrected chi connectivity index (χ3v) is 4.75. The van der Waals surface area contributed by atoms with Crippen molar-refractivity contribution >= 4 is 28.6 Å². The van der Waals surface area contributed by atoms with E-state index in [2.05, 4.69) is 29.1 Å². The van der Waals surface area contributed by atoms with Crippen molar-refractivity contribution in [1.82, 2.24) is 15.3 Å². The Kier molecular flexibility index (Phi) is 7.33. The van der Waals surface area contributed by atoms with E-state index in [0.29, 0.717) is 5.75 Å². The molecule has 1 amide bonds. The number of amides is 1. The van der Waals surface area contributed by atoms with E-state index in [-0.39, 0.29) is 11.9 Å². The monoisotopic (exact) mass is 331 g/mol. The molecule has 0 aliphatic rings. The number of nitrogens with zero attached hydrogens (tertiary/aromatic N) is 2. The summed E-state index contributed by atoms with van der Waals surface area (Å²) in [5.74, 6) is 0.459. The van der Waals surface area contributed by atoms with Crippen LogP contribution in [-0.4, -0.2) is 27.7 Å². The fraction of sp³-hybridized carbons (Fsp3) is 0.500. The van der Waals surface area contributed by atoms with Gasteiger partial charge in [0.1, 0.15) is 11.4 Å². The predicted octanol–water partition coefficient (Wildman–Crippen LogP) is 4.20. The number of para-hydroxylation sites is 1. The lowest BCUT2D eigenvalue weighted by Crippen LogP contribution is -2.33. The van der Waals surface area contributed by atoms with Gasteiger partial charge in [0.25, 0.3) is 0 Å². The fourth-order valence-corrected chi connectivity index (χ4v) is 3.30. The highest BCUT2D eigenvalue weighted by Gasteiger charge is 2.10. The zero-order chi connectivity index (χ0) is 16.5. The van der Waals surface area contributed by atoms with Gasteiger partial charge in [0.2, 0.25) is 5.91 Å². The minimum absolute atomic E-state index is 0.0701. The van der Waals surface area contributed by atoms with Crippen LogP contribution in [0.2, 0.25) is 0 Å². The molecule has 1 N–H and O–H groups in total. The fourth-order valence-electron chi connectivity index (χ4n) is 2.49. The van der Waals surface area contributed by atoms with Crippen LogP contribution < -0.4 is 5.32 Å². The maximum Gasteiger partial charge on any atom is 0.230 e. The van der Waals surface area contributed by atoms with Gasteiger partial charge in [0.15, 0.2) is 0 Å². The normalized spacial score (nSPS) is 12.3. The highest BCUT2D eigenvalue weighted by molar-refractivity contribution is 8.00.